The summed E-state index contributed by atoms with van der Waals surface area (Å²) in [6.07, 6.45) is 3.51. The number of pyridine rings is 1. The first-order valence-electron chi connectivity index (χ1n) is 13.9. The molecule has 3 aromatic heterocycles. The van der Waals surface area contributed by atoms with Crippen molar-refractivity contribution in [3.05, 3.63) is 34.5 Å². The molecule has 0 spiro atoms. The fourth-order valence-corrected chi connectivity index (χ4v) is 7.05. The van der Waals surface area contributed by atoms with Crippen LogP contribution < -0.4 is 21.1 Å². The number of fused-ring (bicyclic) bond motifs is 4. The molecule has 0 radical (unpaired) electrons. The molecule has 1 unspecified atom stereocenters. The molecule has 4 aromatic rings. The van der Waals surface area contributed by atoms with Crippen LogP contribution in [0.4, 0.5) is 19.6 Å². The number of nitrogens with two attached hydrogens (primary N) is 1. The Bertz CT molecular complexity index is 1870. The lowest BCUT2D eigenvalue weighted by atomic mass is 9.93. The van der Waals surface area contributed by atoms with E-state index in [1.54, 1.807) is 0 Å². The minimum Gasteiger partial charge on any atom is -0.463 e. The Hall–Kier alpha value is -4.19. The minimum atomic E-state index is -0.742. The lowest BCUT2D eigenvalue weighted by molar-refractivity contribution is -0.119. The van der Waals surface area contributed by atoms with Gasteiger partial charge in [0, 0.05) is 29.5 Å². The number of nitrogen functional groups attached to an aromatic ring is 1. The minimum absolute atomic E-state index is 0.0307. The molecule has 14 heteroatoms. The van der Waals surface area contributed by atoms with Crippen LogP contribution in [0, 0.1) is 28.4 Å². The Labute approximate surface area is 249 Å². The van der Waals surface area contributed by atoms with Gasteiger partial charge in [0.2, 0.25) is 5.91 Å². The molecule has 1 saturated heterocycles. The molecule has 4 N–H and O–H groups in total. The van der Waals surface area contributed by atoms with Gasteiger partial charge in [-0.05, 0) is 44.5 Å². The van der Waals surface area contributed by atoms with E-state index < -0.39 is 17.7 Å². The van der Waals surface area contributed by atoms with Crippen molar-refractivity contribution in [2.75, 3.05) is 44.8 Å². The number of hydrogen-bond donors (Lipinski definition) is 3. The van der Waals surface area contributed by atoms with Gasteiger partial charge in [0.15, 0.2) is 11.6 Å². The molecule has 43 heavy (non-hydrogen) atoms. The summed E-state index contributed by atoms with van der Waals surface area (Å²) in [5, 5.41) is 16.5. The smallest absolute Gasteiger partial charge is 0.319 e. The van der Waals surface area contributed by atoms with Crippen LogP contribution in [0.2, 0.25) is 0 Å². The number of nitrogens with zero attached hydrogens (tertiary/aromatic N) is 5. The highest BCUT2D eigenvalue weighted by atomic mass is 32.1. The SMILES string of the molecule is CN(C)CC1(COc2nc(NC3CCNC3=O)c3c4c(c(-c5ncc(F)c6sc(N)c(C#N)c56)c(F)c3n2)COC4)CC1. The van der Waals surface area contributed by atoms with E-state index in [1.807, 2.05) is 20.2 Å². The summed E-state index contributed by atoms with van der Waals surface area (Å²) in [7, 11) is 4.00. The van der Waals surface area contributed by atoms with E-state index in [9.17, 15) is 14.4 Å². The third-order valence-corrected chi connectivity index (χ3v) is 9.32. The lowest BCUT2D eigenvalue weighted by Crippen LogP contribution is -2.30. The summed E-state index contributed by atoms with van der Waals surface area (Å²) in [5.41, 5.74) is 7.24. The van der Waals surface area contributed by atoms with Gasteiger partial charge in [-0.1, -0.05) is 0 Å². The third kappa shape index (κ3) is 4.59. The zero-order chi connectivity index (χ0) is 30.0. The predicted molar refractivity (Wildman–Crippen MR) is 156 cm³/mol. The van der Waals surface area contributed by atoms with E-state index >= 15 is 4.39 Å². The number of benzene rings is 1. The van der Waals surface area contributed by atoms with Gasteiger partial charge in [-0.3, -0.25) is 9.78 Å². The zero-order valence-electron chi connectivity index (χ0n) is 23.5. The van der Waals surface area contributed by atoms with Gasteiger partial charge in [-0.2, -0.15) is 15.2 Å². The molecular formula is C29H28F2N8O3S. The number of hydrogen-bond acceptors (Lipinski definition) is 11. The van der Waals surface area contributed by atoms with E-state index in [4.69, 9.17) is 15.2 Å². The van der Waals surface area contributed by atoms with Gasteiger partial charge in [-0.15, -0.1) is 11.3 Å². The van der Waals surface area contributed by atoms with E-state index in [0.29, 0.717) is 36.1 Å². The Morgan fingerprint density at radius 3 is 2.77 bits per heavy atom. The largest absolute Gasteiger partial charge is 0.463 e. The normalized spacial score (nSPS) is 18.7. The first-order chi connectivity index (χ1) is 20.7. The van der Waals surface area contributed by atoms with Gasteiger partial charge in [0.1, 0.15) is 28.4 Å². The number of carbonyl (C=O) groups is 1. The summed E-state index contributed by atoms with van der Waals surface area (Å²) in [6, 6.07) is 1.42. The van der Waals surface area contributed by atoms with Crippen molar-refractivity contribution in [3.63, 3.8) is 0 Å². The standard InChI is InChI=1S/C29H28F2N8O3S/c1-39(2)11-29(4-5-29)12-42-28-37-23-20(26(38-28)36-17-3-6-34-27(17)40)15-10-41-9-14(15)18(21(23)31)22-19-13(7-32)25(33)43-24(19)16(30)8-35-22/h8,17H,3-6,9-12,33H2,1-2H3,(H,34,40)(H,36,37,38). The number of carbonyl (C=O) groups excluding carboxylic acids is 1. The number of rotatable bonds is 8. The van der Waals surface area contributed by atoms with Crippen molar-refractivity contribution in [1.29, 1.82) is 5.26 Å². The summed E-state index contributed by atoms with van der Waals surface area (Å²) >= 11 is 0.913. The van der Waals surface area contributed by atoms with Crippen LogP contribution >= 0.6 is 11.3 Å². The first-order valence-corrected chi connectivity index (χ1v) is 14.7. The van der Waals surface area contributed by atoms with Crippen molar-refractivity contribution in [2.45, 2.75) is 38.5 Å². The monoisotopic (exact) mass is 606 g/mol. The molecule has 5 heterocycles. The highest BCUT2D eigenvalue weighted by Crippen LogP contribution is 2.48. The predicted octanol–water partition coefficient (Wildman–Crippen LogP) is 3.69. The van der Waals surface area contributed by atoms with E-state index in [1.165, 1.54) is 0 Å². The number of halogens is 2. The molecule has 1 saturated carbocycles. The van der Waals surface area contributed by atoms with Crippen molar-refractivity contribution in [1.82, 2.24) is 25.2 Å². The second-order valence-corrected chi connectivity index (χ2v) is 12.7. The van der Waals surface area contributed by atoms with Gasteiger partial charge in [0.05, 0.1) is 47.4 Å². The summed E-state index contributed by atoms with van der Waals surface area (Å²) < 4.78 is 43.8. The van der Waals surface area contributed by atoms with Crippen LogP contribution in [-0.4, -0.2) is 65.6 Å². The number of nitriles is 1. The molecule has 1 aliphatic carbocycles. The highest BCUT2D eigenvalue weighted by Gasteiger charge is 2.44. The summed E-state index contributed by atoms with van der Waals surface area (Å²) in [6.45, 7) is 1.86. The van der Waals surface area contributed by atoms with Gasteiger partial charge in [0.25, 0.3) is 0 Å². The van der Waals surface area contributed by atoms with Crippen LogP contribution in [0.1, 0.15) is 36.0 Å². The van der Waals surface area contributed by atoms with E-state index in [2.05, 4.69) is 30.5 Å². The molecule has 3 aliphatic rings. The molecule has 1 amide bonds. The maximum absolute atomic E-state index is 16.9. The van der Waals surface area contributed by atoms with Gasteiger partial charge < -0.3 is 30.7 Å². The molecule has 1 aromatic carbocycles. The average molecular weight is 607 g/mol. The zero-order valence-corrected chi connectivity index (χ0v) is 24.3. The first kappa shape index (κ1) is 27.6. The topological polar surface area (TPSA) is 151 Å². The van der Waals surface area contributed by atoms with Crippen LogP contribution in [0.5, 0.6) is 6.01 Å². The number of thiophene rings is 1. The Morgan fingerprint density at radius 2 is 2.07 bits per heavy atom. The Morgan fingerprint density at radius 1 is 1.28 bits per heavy atom. The maximum Gasteiger partial charge on any atom is 0.319 e. The average Bonchev–Trinajstić information content (AvgIpc) is 3.25. The number of ether oxygens (including phenoxy) is 2. The van der Waals surface area contributed by atoms with E-state index in [0.717, 1.165) is 36.9 Å². The summed E-state index contributed by atoms with van der Waals surface area (Å²) in [4.78, 5) is 28.0. The fraction of sp³-hybridized carbons (Fsp3) is 0.414. The van der Waals surface area contributed by atoms with Crippen LogP contribution in [0.15, 0.2) is 6.20 Å². The quantitative estimate of drug-likeness (QED) is 0.271. The van der Waals surface area contributed by atoms with Crippen molar-refractivity contribution < 1.29 is 23.0 Å². The van der Waals surface area contributed by atoms with Gasteiger partial charge in [-0.25, -0.2) is 8.78 Å². The molecule has 7 rings (SSSR count). The molecule has 11 nitrogen and oxygen atoms in total. The Balaban J connectivity index is 1.44. The Kier molecular flexibility index (Phi) is 6.57. The fourth-order valence-electron chi connectivity index (χ4n) is 6.13. The molecule has 1 atom stereocenters. The lowest BCUT2D eigenvalue weighted by Gasteiger charge is -2.21. The molecule has 0 bridgehead atoms. The van der Waals surface area contributed by atoms with Crippen molar-refractivity contribution in [2.24, 2.45) is 5.41 Å². The molecule has 2 fully saturated rings. The third-order valence-electron chi connectivity index (χ3n) is 8.30. The maximum atomic E-state index is 16.9. The van der Waals surface area contributed by atoms with Gasteiger partial charge >= 0.3 is 6.01 Å². The van der Waals surface area contributed by atoms with Crippen molar-refractivity contribution >= 4 is 49.1 Å². The summed E-state index contributed by atoms with van der Waals surface area (Å²) in [5.74, 6) is -1.31. The molecular weight excluding hydrogens is 578 g/mol. The highest BCUT2D eigenvalue weighted by molar-refractivity contribution is 7.23. The number of anilines is 2. The molecule has 2 aliphatic heterocycles. The van der Waals surface area contributed by atoms with Crippen LogP contribution in [-0.2, 0) is 22.7 Å². The molecule has 222 valence electrons. The number of nitrogens with one attached hydrogen (secondary N) is 2. The second kappa shape index (κ2) is 10.2. The van der Waals surface area contributed by atoms with Crippen LogP contribution in [0.25, 0.3) is 32.2 Å². The van der Waals surface area contributed by atoms with Crippen LogP contribution in [0.3, 0.4) is 0 Å². The number of aromatic nitrogens is 3. The second-order valence-electron chi connectivity index (χ2n) is 11.6. The number of amides is 1. The van der Waals surface area contributed by atoms with Crippen molar-refractivity contribution in [3.8, 4) is 23.3 Å². The van der Waals surface area contributed by atoms with E-state index in [-0.39, 0.29) is 73.8 Å².